The highest BCUT2D eigenvalue weighted by Gasteiger charge is 2.33. The van der Waals surface area contributed by atoms with Crippen LogP contribution in [0.25, 0.3) is 0 Å². The van der Waals surface area contributed by atoms with Crippen molar-refractivity contribution < 1.29 is 9.53 Å². The number of anilines is 2. The second-order valence-corrected chi connectivity index (χ2v) is 7.07. The summed E-state index contributed by atoms with van der Waals surface area (Å²) in [4.78, 5) is 14.9. The van der Waals surface area contributed by atoms with E-state index in [-0.39, 0.29) is 24.6 Å². The molecule has 0 aliphatic carbocycles. The minimum atomic E-state index is -0.0260. The molecule has 0 bridgehead atoms. The van der Waals surface area contributed by atoms with E-state index in [0.29, 0.717) is 5.75 Å². The number of nitrogens with zero attached hydrogens (tertiary/aromatic N) is 1. The van der Waals surface area contributed by atoms with Gasteiger partial charge in [0.15, 0.2) is 6.61 Å². The Morgan fingerprint density at radius 3 is 2.36 bits per heavy atom. The zero-order valence-electron chi connectivity index (χ0n) is 15.9. The van der Waals surface area contributed by atoms with Gasteiger partial charge in [-0.1, -0.05) is 54.6 Å². The predicted octanol–water partition coefficient (Wildman–Crippen LogP) is 5.04. The third-order valence-electron chi connectivity index (χ3n) is 5.08. The fourth-order valence-electron chi connectivity index (χ4n) is 3.80. The van der Waals surface area contributed by atoms with Gasteiger partial charge in [-0.15, -0.1) is 0 Å². The smallest absolute Gasteiger partial charge is 0.265 e. The minimum absolute atomic E-state index is 0.0260. The second-order valence-electron chi connectivity index (χ2n) is 7.07. The first kappa shape index (κ1) is 18.1. The highest BCUT2D eigenvalue weighted by atomic mass is 16.5. The van der Waals surface area contributed by atoms with E-state index in [2.05, 4.69) is 30.4 Å². The Labute approximate surface area is 165 Å². The van der Waals surface area contributed by atoms with E-state index in [1.807, 2.05) is 71.6 Å². The van der Waals surface area contributed by atoms with Crippen LogP contribution in [-0.2, 0) is 4.79 Å². The molecule has 0 radical (unpaired) electrons. The van der Waals surface area contributed by atoms with Crippen molar-refractivity contribution in [3.63, 3.8) is 0 Å². The van der Waals surface area contributed by atoms with Gasteiger partial charge in [0.2, 0.25) is 0 Å². The van der Waals surface area contributed by atoms with Gasteiger partial charge in [-0.25, -0.2) is 0 Å². The lowest BCUT2D eigenvalue weighted by Crippen LogP contribution is -2.46. The van der Waals surface area contributed by atoms with Crippen molar-refractivity contribution >= 4 is 17.3 Å². The van der Waals surface area contributed by atoms with Crippen molar-refractivity contribution in [3.05, 3.63) is 90.5 Å². The Morgan fingerprint density at radius 2 is 1.61 bits per heavy atom. The van der Waals surface area contributed by atoms with Gasteiger partial charge in [-0.2, -0.15) is 0 Å². The number of hydrogen-bond acceptors (Lipinski definition) is 3. The number of amides is 1. The van der Waals surface area contributed by atoms with E-state index >= 15 is 0 Å². The molecule has 0 aromatic heterocycles. The third kappa shape index (κ3) is 3.86. The minimum Gasteiger partial charge on any atom is -0.484 e. The summed E-state index contributed by atoms with van der Waals surface area (Å²) < 4.78 is 5.70. The molecule has 1 amide bonds. The molecule has 1 N–H and O–H groups in total. The Kier molecular flexibility index (Phi) is 5.29. The van der Waals surface area contributed by atoms with Gasteiger partial charge >= 0.3 is 0 Å². The number of hydrogen-bond donors (Lipinski definition) is 1. The molecule has 4 nitrogen and oxygen atoms in total. The predicted molar refractivity (Wildman–Crippen MR) is 113 cm³/mol. The van der Waals surface area contributed by atoms with Crippen LogP contribution in [0.2, 0.25) is 0 Å². The molecular weight excluding hydrogens is 348 g/mol. The van der Waals surface area contributed by atoms with Crippen molar-refractivity contribution in [1.29, 1.82) is 0 Å². The molecule has 1 aliphatic rings. The van der Waals surface area contributed by atoms with Crippen molar-refractivity contribution in [2.24, 2.45) is 0 Å². The second kappa shape index (κ2) is 8.17. The maximum absolute atomic E-state index is 13.0. The maximum atomic E-state index is 13.0. The molecular formula is C24H24N2O2. The molecule has 0 saturated carbocycles. The van der Waals surface area contributed by atoms with Crippen LogP contribution < -0.4 is 15.0 Å². The normalized spacial score (nSPS) is 18.2. The van der Waals surface area contributed by atoms with E-state index < -0.39 is 0 Å². The number of ether oxygens (including phenoxy) is 1. The van der Waals surface area contributed by atoms with Crippen LogP contribution in [0.1, 0.15) is 24.9 Å². The van der Waals surface area contributed by atoms with Gasteiger partial charge in [0, 0.05) is 17.4 Å². The summed E-state index contributed by atoms with van der Waals surface area (Å²) in [5, 5.41) is 3.62. The SMILES string of the molecule is C[C@@H]1C[C@H](Nc2ccccc2)c2ccccc2N1C(=O)COc1ccccc1. The van der Waals surface area contributed by atoms with Gasteiger partial charge in [-0.05, 0) is 49.2 Å². The number of para-hydroxylation sites is 3. The van der Waals surface area contributed by atoms with E-state index in [4.69, 9.17) is 4.74 Å². The lowest BCUT2D eigenvalue weighted by molar-refractivity contribution is -0.121. The first-order valence-electron chi connectivity index (χ1n) is 9.63. The molecule has 0 fully saturated rings. The van der Waals surface area contributed by atoms with E-state index in [9.17, 15) is 4.79 Å². The fraction of sp³-hybridized carbons (Fsp3) is 0.208. The van der Waals surface area contributed by atoms with Crippen molar-refractivity contribution in [3.8, 4) is 5.75 Å². The molecule has 3 aromatic rings. The van der Waals surface area contributed by atoms with Crippen molar-refractivity contribution in [2.75, 3.05) is 16.8 Å². The quantitative estimate of drug-likeness (QED) is 0.682. The van der Waals surface area contributed by atoms with Crippen molar-refractivity contribution in [2.45, 2.75) is 25.4 Å². The van der Waals surface area contributed by atoms with Crippen molar-refractivity contribution in [1.82, 2.24) is 0 Å². The topological polar surface area (TPSA) is 41.6 Å². The summed E-state index contributed by atoms with van der Waals surface area (Å²) in [5.41, 5.74) is 3.18. The number of nitrogens with one attached hydrogen (secondary N) is 1. The van der Waals surface area contributed by atoms with Crippen LogP contribution in [0.15, 0.2) is 84.9 Å². The van der Waals surface area contributed by atoms with Gasteiger partial charge in [0.25, 0.3) is 5.91 Å². The summed E-state index contributed by atoms with van der Waals surface area (Å²) in [6.45, 7) is 2.12. The zero-order chi connectivity index (χ0) is 19.3. The van der Waals surface area contributed by atoms with Gasteiger partial charge in [0.05, 0.1) is 6.04 Å². The van der Waals surface area contributed by atoms with Crippen LogP contribution in [0.4, 0.5) is 11.4 Å². The zero-order valence-corrected chi connectivity index (χ0v) is 15.9. The Balaban J connectivity index is 1.54. The van der Waals surface area contributed by atoms with Crippen LogP contribution in [-0.4, -0.2) is 18.6 Å². The monoisotopic (exact) mass is 372 g/mol. The number of carbonyl (C=O) groups excluding carboxylic acids is 1. The van der Waals surface area contributed by atoms with Crippen LogP contribution in [0.5, 0.6) is 5.75 Å². The van der Waals surface area contributed by atoms with Crippen LogP contribution in [0.3, 0.4) is 0 Å². The standard InChI is InChI=1S/C24H24N2O2/c1-18-16-22(25-19-10-4-2-5-11-19)21-14-8-9-15-23(21)26(18)24(27)17-28-20-12-6-3-7-13-20/h2-15,18,22,25H,16-17H2,1H3/t18-,22+/m1/s1. The number of carbonyl (C=O) groups is 1. The number of benzene rings is 3. The average molecular weight is 372 g/mol. The Hall–Kier alpha value is -3.27. The molecule has 2 atom stereocenters. The molecule has 28 heavy (non-hydrogen) atoms. The third-order valence-corrected chi connectivity index (χ3v) is 5.08. The summed E-state index contributed by atoms with van der Waals surface area (Å²) >= 11 is 0. The molecule has 0 unspecified atom stereocenters. The number of rotatable bonds is 5. The Morgan fingerprint density at radius 1 is 0.964 bits per heavy atom. The lowest BCUT2D eigenvalue weighted by atomic mass is 9.91. The largest absolute Gasteiger partial charge is 0.484 e. The fourth-order valence-corrected chi connectivity index (χ4v) is 3.80. The summed E-state index contributed by atoms with van der Waals surface area (Å²) in [6, 6.07) is 28.0. The summed E-state index contributed by atoms with van der Waals surface area (Å²) in [6.07, 6.45) is 0.836. The van der Waals surface area contributed by atoms with Crippen LogP contribution in [0, 0.1) is 0 Å². The molecule has 4 rings (SSSR count). The molecule has 1 heterocycles. The van der Waals surface area contributed by atoms with E-state index in [0.717, 1.165) is 23.4 Å². The molecule has 4 heteroatoms. The van der Waals surface area contributed by atoms with Gasteiger partial charge in [0.1, 0.15) is 5.75 Å². The lowest BCUT2D eigenvalue weighted by Gasteiger charge is -2.40. The molecule has 3 aromatic carbocycles. The number of fused-ring (bicyclic) bond motifs is 1. The van der Waals surface area contributed by atoms with E-state index in [1.165, 1.54) is 0 Å². The van der Waals surface area contributed by atoms with E-state index in [1.54, 1.807) is 0 Å². The first-order valence-corrected chi connectivity index (χ1v) is 9.63. The first-order chi connectivity index (χ1) is 13.7. The average Bonchev–Trinajstić information content (AvgIpc) is 2.74. The highest BCUT2D eigenvalue weighted by molar-refractivity contribution is 5.96. The molecule has 1 aliphatic heterocycles. The highest BCUT2D eigenvalue weighted by Crippen LogP contribution is 2.38. The summed E-state index contributed by atoms with van der Waals surface area (Å²) in [5.74, 6) is 0.680. The molecule has 0 saturated heterocycles. The molecule has 0 spiro atoms. The van der Waals surface area contributed by atoms with Gasteiger partial charge < -0.3 is 15.0 Å². The van der Waals surface area contributed by atoms with Crippen LogP contribution >= 0.6 is 0 Å². The Bertz CT molecular complexity index is 928. The molecule has 142 valence electrons. The maximum Gasteiger partial charge on any atom is 0.265 e. The van der Waals surface area contributed by atoms with Gasteiger partial charge in [-0.3, -0.25) is 4.79 Å². The summed E-state index contributed by atoms with van der Waals surface area (Å²) in [7, 11) is 0.